The molecule has 18 heavy (non-hydrogen) atoms. The minimum absolute atomic E-state index is 0.0876. The Morgan fingerprint density at radius 1 is 1.39 bits per heavy atom. The molecule has 0 atom stereocenters. The van der Waals surface area contributed by atoms with E-state index in [2.05, 4.69) is 10.2 Å². The highest BCUT2D eigenvalue weighted by atomic mass is 35.5. The Labute approximate surface area is 121 Å². The van der Waals surface area contributed by atoms with Crippen LogP contribution in [0.2, 0.25) is 10.0 Å². The number of hydrogen-bond donors (Lipinski definition) is 1. The molecule has 0 saturated carbocycles. The Hall–Kier alpha value is -0.820. The number of Topliss-reactive ketones (excluding diaryl/α,β-unsaturated/α-hetero) is 1. The highest BCUT2D eigenvalue weighted by Crippen LogP contribution is 2.26. The number of thioether (sulfide) groups is 1. The third-order valence-corrected chi connectivity index (χ3v) is 4.41. The van der Waals surface area contributed by atoms with E-state index in [0.717, 1.165) is 0 Å². The maximum Gasteiger partial charge on any atom is 0.203 e. The molecule has 94 valence electrons. The van der Waals surface area contributed by atoms with E-state index in [1.807, 2.05) is 0 Å². The van der Waals surface area contributed by atoms with Gasteiger partial charge < -0.3 is 5.73 Å². The van der Waals surface area contributed by atoms with E-state index in [0.29, 0.717) is 25.1 Å². The molecule has 0 saturated heterocycles. The van der Waals surface area contributed by atoms with Crippen molar-refractivity contribution in [2.45, 2.75) is 4.34 Å². The van der Waals surface area contributed by atoms with Crippen molar-refractivity contribution in [2.75, 3.05) is 11.5 Å². The number of nitrogens with two attached hydrogens (primary N) is 1. The molecule has 0 aliphatic rings. The number of anilines is 1. The highest BCUT2D eigenvalue weighted by Gasteiger charge is 2.12. The molecule has 0 aliphatic heterocycles. The van der Waals surface area contributed by atoms with Crippen molar-refractivity contribution in [3.8, 4) is 0 Å². The van der Waals surface area contributed by atoms with Crippen molar-refractivity contribution in [3.63, 3.8) is 0 Å². The molecule has 1 aromatic carbocycles. The van der Waals surface area contributed by atoms with Gasteiger partial charge in [-0.3, -0.25) is 4.79 Å². The third-order valence-electron chi connectivity index (χ3n) is 1.98. The summed E-state index contributed by atoms with van der Waals surface area (Å²) in [7, 11) is 0. The van der Waals surface area contributed by atoms with Crippen LogP contribution in [0.4, 0.5) is 5.13 Å². The zero-order valence-corrected chi connectivity index (χ0v) is 12.0. The SMILES string of the molecule is Nc1nnc(SCC(=O)c2ccc(Cl)cc2Cl)s1. The van der Waals surface area contributed by atoms with E-state index in [9.17, 15) is 4.79 Å². The number of nitrogens with zero attached hydrogens (tertiary/aromatic N) is 2. The van der Waals surface area contributed by atoms with Gasteiger partial charge in [-0.25, -0.2) is 0 Å². The smallest absolute Gasteiger partial charge is 0.203 e. The van der Waals surface area contributed by atoms with Crippen molar-refractivity contribution >= 4 is 57.2 Å². The summed E-state index contributed by atoms with van der Waals surface area (Å²) in [6.07, 6.45) is 0. The van der Waals surface area contributed by atoms with Crippen LogP contribution >= 0.6 is 46.3 Å². The normalized spacial score (nSPS) is 10.6. The van der Waals surface area contributed by atoms with Crippen molar-refractivity contribution in [2.24, 2.45) is 0 Å². The predicted molar refractivity (Wildman–Crippen MR) is 75.8 cm³/mol. The van der Waals surface area contributed by atoms with Crippen LogP contribution in [-0.2, 0) is 0 Å². The first-order chi connectivity index (χ1) is 8.56. The molecule has 4 nitrogen and oxygen atoms in total. The fourth-order valence-electron chi connectivity index (χ4n) is 1.20. The number of carbonyl (C=O) groups is 1. The van der Waals surface area contributed by atoms with E-state index in [4.69, 9.17) is 28.9 Å². The Kier molecular flexibility index (Phi) is 4.45. The fourth-order valence-corrected chi connectivity index (χ4v) is 3.23. The van der Waals surface area contributed by atoms with E-state index in [1.165, 1.54) is 23.1 Å². The molecule has 0 fully saturated rings. The average molecular weight is 320 g/mol. The van der Waals surface area contributed by atoms with Crippen LogP contribution < -0.4 is 5.73 Å². The van der Waals surface area contributed by atoms with Gasteiger partial charge in [0.15, 0.2) is 10.1 Å². The van der Waals surface area contributed by atoms with Crippen LogP contribution in [0.15, 0.2) is 22.5 Å². The molecular weight excluding hydrogens is 313 g/mol. The van der Waals surface area contributed by atoms with Gasteiger partial charge >= 0.3 is 0 Å². The second-order valence-electron chi connectivity index (χ2n) is 3.24. The number of ketones is 1. The molecule has 0 bridgehead atoms. The van der Waals surface area contributed by atoms with E-state index < -0.39 is 0 Å². The number of rotatable bonds is 4. The van der Waals surface area contributed by atoms with Crippen LogP contribution in [0.1, 0.15) is 10.4 Å². The molecule has 0 amide bonds. The van der Waals surface area contributed by atoms with Crippen LogP contribution in [0, 0.1) is 0 Å². The first kappa shape index (κ1) is 13.6. The lowest BCUT2D eigenvalue weighted by atomic mass is 10.1. The topological polar surface area (TPSA) is 68.9 Å². The summed E-state index contributed by atoms with van der Waals surface area (Å²) in [4.78, 5) is 11.9. The molecule has 0 aliphatic carbocycles. The fraction of sp³-hybridized carbons (Fsp3) is 0.100. The van der Waals surface area contributed by atoms with E-state index >= 15 is 0 Å². The van der Waals surface area contributed by atoms with Crippen molar-refractivity contribution in [1.29, 1.82) is 0 Å². The van der Waals surface area contributed by atoms with Crippen LogP contribution in [0.25, 0.3) is 0 Å². The molecule has 2 N–H and O–H groups in total. The number of nitrogen functional groups attached to an aromatic ring is 1. The Morgan fingerprint density at radius 2 is 2.17 bits per heavy atom. The summed E-state index contributed by atoms with van der Waals surface area (Å²) in [5.41, 5.74) is 5.90. The van der Waals surface area contributed by atoms with Crippen molar-refractivity contribution in [1.82, 2.24) is 10.2 Å². The number of benzene rings is 1. The van der Waals surface area contributed by atoms with Crippen LogP contribution in [0.3, 0.4) is 0 Å². The molecule has 2 aromatic rings. The number of hydrogen-bond acceptors (Lipinski definition) is 6. The molecule has 0 spiro atoms. The molecular formula is C10H7Cl2N3OS2. The molecule has 1 heterocycles. The first-order valence-corrected chi connectivity index (χ1v) is 7.32. The maximum absolute atomic E-state index is 11.9. The molecule has 0 unspecified atom stereocenters. The number of carbonyl (C=O) groups excluding carboxylic acids is 1. The summed E-state index contributed by atoms with van der Waals surface area (Å²) < 4.78 is 0.658. The quantitative estimate of drug-likeness (QED) is 0.691. The number of halogens is 2. The standard InChI is InChI=1S/C10H7Cl2N3OS2/c11-5-1-2-6(7(12)3-5)8(16)4-17-10-15-14-9(13)18-10/h1-3H,4H2,(H2,13,14). The summed E-state index contributed by atoms with van der Waals surface area (Å²) in [6.45, 7) is 0. The maximum atomic E-state index is 11.9. The van der Waals surface area contributed by atoms with Gasteiger partial charge in [-0.05, 0) is 18.2 Å². The van der Waals surface area contributed by atoms with Crippen molar-refractivity contribution < 1.29 is 4.79 Å². The second-order valence-corrected chi connectivity index (χ2v) is 6.32. The molecule has 8 heteroatoms. The van der Waals surface area contributed by atoms with Crippen molar-refractivity contribution in [3.05, 3.63) is 33.8 Å². The van der Waals surface area contributed by atoms with Gasteiger partial charge in [-0.2, -0.15) is 0 Å². The van der Waals surface area contributed by atoms with Gasteiger partial charge in [0, 0.05) is 10.6 Å². The van der Waals surface area contributed by atoms with E-state index in [1.54, 1.807) is 18.2 Å². The molecule has 0 radical (unpaired) electrons. The van der Waals surface area contributed by atoms with Crippen LogP contribution in [-0.4, -0.2) is 21.7 Å². The van der Waals surface area contributed by atoms with Crippen LogP contribution in [0.5, 0.6) is 0 Å². The zero-order chi connectivity index (χ0) is 13.1. The van der Waals surface area contributed by atoms with Gasteiger partial charge in [0.05, 0.1) is 10.8 Å². The Bertz CT molecular complexity index is 588. The van der Waals surface area contributed by atoms with Gasteiger partial charge in [0.1, 0.15) is 0 Å². The summed E-state index contributed by atoms with van der Waals surface area (Å²) in [6, 6.07) is 4.79. The first-order valence-electron chi connectivity index (χ1n) is 4.76. The number of aromatic nitrogens is 2. The monoisotopic (exact) mass is 319 g/mol. The predicted octanol–water partition coefficient (Wildman–Crippen LogP) is 3.40. The Balaban J connectivity index is 2.03. The largest absolute Gasteiger partial charge is 0.374 e. The minimum atomic E-state index is -0.0876. The van der Waals surface area contributed by atoms with Gasteiger partial charge in [-0.1, -0.05) is 46.3 Å². The zero-order valence-electron chi connectivity index (χ0n) is 8.89. The van der Waals surface area contributed by atoms with Gasteiger partial charge in [0.25, 0.3) is 0 Å². The summed E-state index contributed by atoms with van der Waals surface area (Å²) in [5.74, 6) is 0.145. The van der Waals surface area contributed by atoms with Gasteiger partial charge in [-0.15, -0.1) is 10.2 Å². The Morgan fingerprint density at radius 3 is 2.78 bits per heavy atom. The summed E-state index contributed by atoms with van der Waals surface area (Å²) in [5, 5.41) is 8.72. The summed E-state index contributed by atoms with van der Waals surface area (Å²) >= 11 is 14.2. The highest BCUT2D eigenvalue weighted by molar-refractivity contribution is 8.01. The lowest BCUT2D eigenvalue weighted by molar-refractivity contribution is 0.102. The average Bonchev–Trinajstić information content (AvgIpc) is 2.72. The second kappa shape index (κ2) is 5.88. The lowest BCUT2D eigenvalue weighted by Crippen LogP contribution is -2.03. The lowest BCUT2D eigenvalue weighted by Gasteiger charge is -2.02. The third kappa shape index (κ3) is 3.35. The minimum Gasteiger partial charge on any atom is -0.374 e. The molecule has 2 rings (SSSR count). The van der Waals surface area contributed by atoms with E-state index in [-0.39, 0.29) is 11.5 Å². The molecule has 1 aromatic heterocycles. The van der Waals surface area contributed by atoms with Gasteiger partial charge in [0.2, 0.25) is 5.13 Å².